The summed E-state index contributed by atoms with van der Waals surface area (Å²) in [6, 6.07) is 11.5. The molecule has 0 atom stereocenters. The SMILES string of the molecule is O=Cc1ccc2c(c1)S(=O)(=O)c1ccccc1C=C2. The van der Waals surface area contributed by atoms with Crippen molar-refractivity contribution in [3.05, 3.63) is 59.2 Å². The Morgan fingerprint density at radius 2 is 1.53 bits per heavy atom. The zero-order chi connectivity index (χ0) is 13.5. The Kier molecular flexibility index (Phi) is 2.61. The van der Waals surface area contributed by atoms with Crippen LogP contribution in [0.5, 0.6) is 0 Å². The van der Waals surface area contributed by atoms with Crippen molar-refractivity contribution in [3.63, 3.8) is 0 Å². The fraction of sp³-hybridized carbons (Fsp3) is 0. The third-order valence-corrected chi connectivity index (χ3v) is 5.00. The van der Waals surface area contributed by atoms with Crippen LogP contribution in [0.2, 0.25) is 0 Å². The molecule has 0 N–H and O–H groups in total. The highest BCUT2D eigenvalue weighted by Crippen LogP contribution is 2.32. The standard InChI is InChI=1S/C15H10O3S/c16-10-11-5-6-13-8-7-12-3-1-2-4-14(12)19(17,18)15(13)9-11/h1-10H. The second-order valence-electron chi connectivity index (χ2n) is 4.29. The highest BCUT2D eigenvalue weighted by molar-refractivity contribution is 7.91. The summed E-state index contributed by atoms with van der Waals surface area (Å²) < 4.78 is 25.3. The minimum Gasteiger partial charge on any atom is -0.298 e. The number of aldehydes is 1. The average molecular weight is 270 g/mol. The molecule has 0 unspecified atom stereocenters. The maximum Gasteiger partial charge on any atom is 0.207 e. The largest absolute Gasteiger partial charge is 0.298 e. The number of fused-ring (bicyclic) bond motifs is 2. The van der Waals surface area contributed by atoms with Crippen molar-refractivity contribution in [2.75, 3.05) is 0 Å². The van der Waals surface area contributed by atoms with Crippen LogP contribution in [0.15, 0.2) is 52.3 Å². The zero-order valence-electron chi connectivity index (χ0n) is 9.91. The van der Waals surface area contributed by atoms with E-state index in [1.165, 1.54) is 6.07 Å². The van der Waals surface area contributed by atoms with Gasteiger partial charge >= 0.3 is 0 Å². The molecule has 0 saturated heterocycles. The maximum atomic E-state index is 12.6. The second-order valence-corrected chi connectivity index (χ2v) is 6.18. The van der Waals surface area contributed by atoms with Crippen LogP contribution in [0.25, 0.3) is 12.2 Å². The third kappa shape index (κ3) is 1.81. The highest BCUT2D eigenvalue weighted by Gasteiger charge is 2.25. The molecule has 0 fully saturated rings. The molecule has 94 valence electrons. The molecule has 3 nitrogen and oxygen atoms in total. The maximum absolute atomic E-state index is 12.6. The predicted octanol–water partition coefficient (Wildman–Crippen LogP) is 2.82. The summed E-state index contributed by atoms with van der Waals surface area (Å²) in [6.07, 6.45) is 4.18. The molecule has 1 aliphatic heterocycles. The lowest BCUT2D eigenvalue weighted by Gasteiger charge is -2.08. The van der Waals surface area contributed by atoms with Gasteiger partial charge in [0.15, 0.2) is 0 Å². The van der Waals surface area contributed by atoms with E-state index < -0.39 is 9.84 Å². The van der Waals surface area contributed by atoms with Gasteiger partial charge in [0.25, 0.3) is 0 Å². The smallest absolute Gasteiger partial charge is 0.207 e. The number of rotatable bonds is 1. The number of sulfone groups is 1. The van der Waals surface area contributed by atoms with Crippen LogP contribution in [-0.2, 0) is 9.84 Å². The van der Waals surface area contributed by atoms with Gasteiger partial charge in [-0.05, 0) is 23.3 Å². The highest BCUT2D eigenvalue weighted by atomic mass is 32.2. The van der Waals surface area contributed by atoms with E-state index in [0.29, 0.717) is 23.0 Å². The molecular formula is C15H10O3S. The van der Waals surface area contributed by atoms with Crippen LogP contribution in [0.3, 0.4) is 0 Å². The van der Waals surface area contributed by atoms with Gasteiger partial charge in [0.1, 0.15) is 6.29 Å². The summed E-state index contributed by atoms with van der Waals surface area (Å²) >= 11 is 0. The van der Waals surface area contributed by atoms with Crippen LogP contribution in [0.4, 0.5) is 0 Å². The first-order valence-corrected chi connectivity index (χ1v) is 7.23. The molecule has 1 heterocycles. The molecule has 0 radical (unpaired) electrons. The quantitative estimate of drug-likeness (QED) is 0.639. The van der Waals surface area contributed by atoms with Crippen LogP contribution in [0, 0.1) is 0 Å². The molecule has 0 bridgehead atoms. The van der Waals surface area contributed by atoms with E-state index in [1.807, 2.05) is 0 Å². The summed E-state index contributed by atoms with van der Waals surface area (Å²) in [5.41, 5.74) is 1.61. The third-order valence-electron chi connectivity index (χ3n) is 3.11. The predicted molar refractivity (Wildman–Crippen MR) is 72.7 cm³/mol. The molecule has 2 aromatic carbocycles. The normalized spacial score (nSPS) is 15.2. The van der Waals surface area contributed by atoms with Crippen molar-refractivity contribution in [3.8, 4) is 0 Å². The lowest BCUT2D eigenvalue weighted by atomic mass is 10.1. The summed E-state index contributed by atoms with van der Waals surface area (Å²) in [6.45, 7) is 0. The molecule has 19 heavy (non-hydrogen) atoms. The van der Waals surface area contributed by atoms with Crippen molar-refractivity contribution < 1.29 is 13.2 Å². The monoisotopic (exact) mass is 270 g/mol. The minimum absolute atomic E-state index is 0.179. The van der Waals surface area contributed by atoms with Gasteiger partial charge in [-0.1, -0.05) is 42.5 Å². The Balaban J connectivity index is 2.39. The lowest BCUT2D eigenvalue weighted by molar-refractivity contribution is 0.112. The summed E-state index contributed by atoms with van der Waals surface area (Å²) in [4.78, 5) is 11.3. The summed E-state index contributed by atoms with van der Waals surface area (Å²) in [5.74, 6) is 0. The zero-order valence-corrected chi connectivity index (χ0v) is 10.7. The summed E-state index contributed by atoms with van der Waals surface area (Å²) in [7, 11) is -3.59. The van der Waals surface area contributed by atoms with Crippen LogP contribution in [0.1, 0.15) is 21.5 Å². The van der Waals surface area contributed by atoms with Gasteiger partial charge in [-0.2, -0.15) is 0 Å². The van der Waals surface area contributed by atoms with Gasteiger partial charge in [0.2, 0.25) is 9.84 Å². The molecule has 4 heteroatoms. The van der Waals surface area contributed by atoms with Crippen molar-refractivity contribution in [1.82, 2.24) is 0 Å². The first kappa shape index (κ1) is 11.9. The molecule has 1 aliphatic rings. The fourth-order valence-corrected chi connectivity index (χ4v) is 3.83. The molecule has 0 saturated carbocycles. The molecule has 0 aliphatic carbocycles. The van der Waals surface area contributed by atoms with E-state index in [4.69, 9.17) is 0 Å². The van der Waals surface area contributed by atoms with Gasteiger partial charge < -0.3 is 0 Å². The molecule has 0 amide bonds. The van der Waals surface area contributed by atoms with E-state index in [1.54, 1.807) is 48.6 Å². The number of carbonyl (C=O) groups excluding carboxylic acids is 1. The Bertz CT molecular complexity index is 802. The average Bonchev–Trinajstić information content (AvgIpc) is 2.55. The van der Waals surface area contributed by atoms with Crippen molar-refractivity contribution in [2.24, 2.45) is 0 Å². The van der Waals surface area contributed by atoms with Gasteiger partial charge in [-0.3, -0.25) is 4.79 Å². The van der Waals surface area contributed by atoms with Crippen molar-refractivity contribution in [2.45, 2.75) is 9.79 Å². The van der Waals surface area contributed by atoms with E-state index in [2.05, 4.69) is 0 Å². The van der Waals surface area contributed by atoms with E-state index in [-0.39, 0.29) is 9.79 Å². The lowest BCUT2D eigenvalue weighted by Crippen LogP contribution is -2.05. The molecule has 3 rings (SSSR count). The van der Waals surface area contributed by atoms with E-state index >= 15 is 0 Å². The molecule has 0 spiro atoms. The minimum atomic E-state index is -3.59. The van der Waals surface area contributed by atoms with E-state index in [9.17, 15) is 13.2 Å². The second kappa shape index (κ2) is 4.17. The number of hydrogen-bond acceptors (Lipinski definition) is 3. The van der Waals surface area contributed by atoms with Crippen LogP contribution in [-0.4, -0.2) is 14.7 Å². The Labute approximate surface area is 111 Å². The van der Waals surface area contributed by atoms with Crippen LogP contribution >= 0.6 is 0 Å². The number of hydrogen-bond donors (Lipinski definition) is 0. The molecular weight excluding hydrogens is 260 g/mol. The van der Waals surface area contributed by atoms with Gasteiger partial charge in [0.05, 0.1) is 9.79 Å². The fourth-order valence-electron chi connectivity index (χ4n) is 2.16. The topological polar surface area (TPSA) is 51.2 Å². The van der Waals surface area contributed by atoms with Crippen LogP contribution < -0.4 is 0 Å². The number of carbonyl (C=O) groups is 1. The van der Waals surface area contributed by atoms with Crippen molar-refractivity contribution in [1.29, 1.82) is 0 Å². The Morgan fingerprint density at radius 3 is 2.26 bits per heavy atom. The summed E-state index contributed by atoms with van der Waals surface area (Å²) in [5, 5.41) is 0. The van der Waals surface area contributed by atoms with Gasteiger partial charge in [-0.15, -0.1) is 0 Å². The Morgan fingerprint density at radius 1 is 0.842 bits per heavy atom. The van der Waals surface area contributed by atoms with E-state index in [0.717, 1.165) is 0 Å². The number of benzene rings is 2. The first-order chi connectivity index (χ1) is 9.13. The van der Waals surface area contributed by atoms with Gasteiger partial charge in [-0.25, -0.2) is 8.42 Å². The van der Waals surface area contributed by atoms with Crippen molar-refractivity contribution >= 4 is 28.3 Å². The van der Waals surface area contributed by atoms with Gasteiger partial charge in [0, 0.05) is 5.56 Å². The first-order valence-electron chi connectivity index (χ1n) is 5.74. The molecule has 2 aromatic rings. The Hall–Kier alpha value is -2.20. The molecule has 0 aromatic heterocycles.